The normalized spacial score (nSPS) is 12.6. The average molecular weight is 463 g/mol. The number of hydrogen-bond acceptors (Lipinski definition) is 7. The van der Waals surface area contributed by atoms with E-state index in [4.69, 9.17) is 26.4 Å². The molecule has 0 saturated carbocycles. The van der Waals surface area contributed by atoms with Crippen LogP contribution in [0.4, 0.5) is 5.00 Å². The molecule has 166 valence electrons. The summed E-state index contributed by atoms with van der Waals surface area (Å²) in [5.41, 5.74) is 2.02. The molecule has 0 unspecified atom stereocenters. The van der Waals surface area contributed by atoms with Crippen LogP contribution in [0.3, 0.4) is 0 Å². The van der Waals surface area contributed by atoms with E-state index in [-0.39, 0.29) is 17.0 Å². The fraction of sp³-hybridized carbons (Fsp3) is 0.409. The third kappa shape index (κ3) is 6.03. The van der Waals surface area contributed by atoms with Crippen LogP contribution in [0.5, 0.6) is 5.75 Å². The van der Waals surface area contributed by atoms with Gasteiger partial charge in [-0.2, -0.15) is 0 Å². The van der Waals surface area contributed by atoms with Gasteiger partial charge in [-0.15, -0.1) is 11.3 Å². The number of thiophene rings is 1. The predicted octanol–water partition coefficient (Wildman–Crippen LogP) is 3.96. The Bertz CT molecular complexity index is 940. The number of aryl methyl sites for hydroxylation is 1. The second-order valence-electron chi connectivity index (χ2n) is 6.91. The van der Waals surface area contributed by atoms with Crippen molar-refractivity contribution in [3.8, 4) is 5.75 Å². The molecule has 0 aliphatic heterocycles. The Morgan fingerprint density at radius 2 is 1.87 bits per heavy atom. The molecule has 3 rings (SSSR count). The quantitative estimate of drug-likeness (QED) is 0.349. The predicted molar refractivity (Wildman–Crippen MR) is 124 cm³/mol. The molecule has 0 bridgehead atoms. The fourth-order valence-electron chi connectivity index (χ4n) is 3.33. The number of thiocarbonyl (C=S) groups is 1. The summed E-state index contributed by atoms with van der Waals surface area (Å²) in [5, 5.41) is 6.46. The van der Waals surface area contributed by atoms with Crippen LogP contribution >= 0.6 is 23.6 Å². The Kier molecular flexibility index (Phi) is 8.39. The zero-order valence-electron chi connectivity index (χ0n) is 17.6. The molecular weight excluding hydrogens is 436 g/mol. The Morgan fingerprint density at radius 3 is 2.58 bits per heavy atom. The molecule has 2 N–H and O–H groups in total. The molecular formula is C22H26N2O5S2. The molecule has 1 aromatic heterocycles. The number of methoxy groups -OCH3 is 1. The Hall–Kier alpha value is -2.49. The number of carbonyl (C=O) groups excluding carboxylic acids is 2. The molecule has 0 saturated heterocycles. The van der Waals surface area contributed by atoms with Gasteiger partial charge in [0.2, 0.25) is 0 Å². The lowest BCUT2D eigenvalue weighted by atomic mass is 9.95. The second-order valence-corrected chi connectivity index (χ2v) is 8.42. The largest absolute Gasteiger partial charge is 0.491 e. The third-order valence-corrected chi connectivity index (χ3v) is 6.19. The first-order valence-electron chi connectivity index (χ1n) is 10.2. The summed E-state index contributed by atoms with van der Waals surface area (Å²) in [6, 6.07) is 6.75. The van der Waals surface area contributed by atoms with Gasteiger partial charge in [0.1, 0.15) is 17.4 Å². The summed E-state index contributed by atoms with van der Waals surface area (Å²) >= 11 is 6.83. The molecule has 0 spiro atoms. The molecule has 0 atom stereocenters. The zero-order valence-corrected chi connectivity index (χ0v) is 19.2. The maximum atomic E-state index is 12.5. The number of amides is 1. The highest BCUT2D eigenvalue weighted by Crippen LogP contribution is 2.38. The van der Waals surface area contributed by atoms with E-state index in [2.05, 4.69) is 10.6 Å². The monoisotopic (exact) mass is 462 g/mol. The molecule has 0 fully saturated rings. The lowest BCUT2D eigenvalue weighted by Gasteiger charge is -2.13. The summed E-state index contributed by atoms with van der Waals surface area (Å²) in [7, 11) is 1.61. The van der Waals surface area contributed by atoms with E-state index in [1.165, 1.54) is 16.2 Å². The van der Waals surface area contributed by atoms with Crippen molar-refractivity contribution < 1.29 is 23.8 Å². The molecule has 0 radical (unpaired) electrons. The van der Waals surface area contributed by atoms with Gasteiger partial charge >= 0.3 is 5.97 Å². The molecule has 2 aromatic rings. The number of fused-ring (bicyclic) bond motifs is 1. The number of nitrogens with one attached hydrogen (secondary N) is 2. The number of hydrogen-bond donors (Lipinski definition) is 2. The molecule has 1 amide bonds. The number of anilines is 1. The van der Waals surface area contributed by atoms with Crippen LogP contribution in [-0.4, -0.2) is 43.9 Å². The first kappa shape index (κ1) is 23.2. The Balaban J connectivity index is 1.66. The van der Waals surface area contributed by atoms with Crippen molar-refractivity contribution >= 4 is 45.5 Å². The molecule has 1 aromatic carbocycles. The summed E-state index contributed by atoms with van der Waals surface area (Å²) < 4.78 is 15.7. The summed E-state index contributed by atoms with van der Waals surface area (Å²) in [4.78, 5) is 26.3. The third-order valence-electron chi connectivity index (χ3n) is 4.78. The minimum atomic E-state index is -0.359. The number of benzene rings is 1. The SMILES string of the molecule is CCOC(=O)c1c(NC(=S)NC(=O)c2ccc(OCCOC)cc2)sc2c1CCCC2. The number of esters is 1. The molecule has 7 nitrogen and oxygen atoms in total. The van der Waals surface area contributed by atoms with E-state index in [0.717, 1.165) is 31.2 Å². The molecule has 1 aliphatic carbocycles. The zero-order chi connectivity index (χ0) is 22.2. The van der Waals surface area contributed by atoms with Crippen molar-refractivity contribution in [3.63, 3.8) is 0 Å². The van der Waals surface area contributed by atoms with Crippen LogP contribution in [0, 0.1) is 0 Å². The van der Waals surface area contributed by atoms with Crippen molar-refractivity contribution in [2.24, 2.45) is 0 Å². The maximum Gasteiger partial charge on any atom is 0.341 e. The topological polar surface area (TPSA) is 85.9 Å². The maximum absolute atomic E-state index is 12.5. The van der Waals surface area contributed by atoms with Gasteiger partial charge in [-0.25, -0.2) is 4.79 Å². The van der Waals surface area contributed by atoms with E-state index in [9.17, 15) is 9.59 Å². The van der Waals surface area contributed by atoms with Gasteiger partial charge in [0.05, 0.1) is 18.8 Å². The van der Waals surface area contributed by atoms with Crippen molar-refractivity contribution in [3.05, 3.63) is 45.8 Å². The van der Waals surface area contributed by atoms with Gasteiger partial charge in [-0.1, -0.05) is 0 Å². The molecule has 9 heteroatoms. The minimum absolute atomic E-state index is 0.134. The lowest BCUT2D eigenvalue weighted by Crippen LogP contribution is -2.34. The van der Waals surface area contributed by atoms with E-state index in [0.29, 0.717) is 41.7 Å². The van der Waals surface area contributed by atoms with E-state index >= 15 is 0 Å². The van der Waals surface area contributed by atoms with Gasteiger partial charge in [0.25, 0.3) is 5.91 Å². The summed E-state index contributed by atoms with van der Waals surface area (Å²) in [6.45, 7) is 3.00. The average Bonchev–Trinajstić information content (AvgIpc) is 3.12. The number of ether oxygens (including phenoxy) is 3. The highest BCUT2D eigenvalue weighted by molar-refractivity contribution is 7.80. The van der Waals surface area contributed by atoms with Gasteiger partial charge in [0.15, 0.2) is 5.11 Å². The van der Waals surface area contributed by atoms with Crippen molar-refractivity contribution in [1.29, 1.82) is 0 Å². The highest BCUT2D eigenvalue weighted by atomic mass is 32.1. The number of rotatable bonds is 8. The minimum Gasteiger partial charge on any atom is -0.491 e. The van der Waals surface area contributed by atoms with Gasteiger partial charge in [0, 0.05) is 17.6 Å². The first-order valence-corrected chi connectivity index (χ1v) is 11.4. The molecule has 1 heterocycles. The van der Waals surface area contributed by atoms with Gasteiger partial charge in [-0.05, 0) is 74.7 Å². The van der Waals surface area contributed by atoms with Crippen LogP contribution in [0.1, 0.15) is 50.9 Å². The standard InChI is InChI=1S/C22H26N2O5S2/c1-3-28-21(26)18-16-6-4-5-7-17(16)31-20(18)24-22(30)23-19(25)14-8-10-15(11-9-14)29-13-12-27-2/h8-11H,3-7,12-13H2,1-2H3,(H2,23,24,25,30). The highest BCUT2D eigenvalue weighted by Gasteiger charge is 2.27. The van der Waals surface area contributed by atoms with Crippen LogP contribution in [-0.2, 0) is 22.3 Å². The Labute approximate surface area is 191 Å². The van der Waals surface area contributed by atoms with E-state index in [1.807, 2.05) is 0 Å². The fourth-order valence-corrected chi connectivity index (χ4v) is 4.87. The van der Waals surface area contributed by atoms with Crippen LogP contribution in [0.25, 0.3) is 0 Å². The Morgan fingerprint density at radius 1 is 1.13 bits per heavy atom. The molecule has 1 aliphatic rings. The summed E-state index contributed by atoms with van der Waals surface area (Å²) in [5.74, 6) is -0.0555. The summed E-state index contributed by atoms with van der Waals surface area (Å²) in [6.07, 6.45) is 3.93. The van der Waals surface area contributed by atoms with Crippen LogP contribution in [0.15, 0.2) is 24.3 Å². The van der Waals surface area contributed by atoms with E-state index in [1.54, 1.807) is 38.3 Å². The van der Waals surface area contributed by atoms with Crippen LogP contribution in [0.2, 0.25) is 0 Å². The van der Waals surface area contributed by atoms with Crippen molar-refractivity contribution in [1.82, 2.24) is 5.32 Å². The van der Waals surface area contributed by atoms with Gasteiger partial charge < -0.3 is 19.5 Å². The van der Waals surface area contributed by atoms with Gasteiger partial charge in [-0.3, -0.25) is 10.1 Å². The second kappa shape index (κ2) is 11.2. The molecule has 31 heavy (non-hydrogen) atoms. The van der Waals surface area contributed by atoms with E-state index < -0.39 is 0 Å². The van der Waals surface area contributed by atoms with Crippen molar-refractivity contribution in [2.45, 2.75) is 32.6 Å². The van der Waals surface area contributed by atoms with Crippen molar-refractivity contribution in [2.75, 3.05) is 32.2 Å². The van der Waals surface area contributed by atoms with Crippen LogP contribution < -0.4 is 15.4 Å². The lowest BCUT2D eigenvalue weighted by molar-refractivity contribution is 0.0526. The first-order chi connectivity index (χ1) is 15.0. The number of carbonyl (C=O) groups is 2. The smallest absolute Gasteiger partial charge is 0.341 e.